The second kappa shape index (κ2) is 9.64. The van der Waals surface area contributed by atoms with Gasteiger partial charge in [-0.15, -0.1) is 5.10 Å². The van der Waals surface area contributed by atoms with E-state index in [1.54, 1.807) is 13.1 Å². The van der Waals surface area contributed by atoms with Crippen molar-refractivity contribution in [1.82, 2.24) is 15.0 Å². The van der Waals surface area contributed by atoms with Crippen LogP contribution in [0.2, 0.25) is 0 Å². The van der Waals surface area contributed by atoms with Crippen LogP contribution in [0.25, 0.3) is 11.3 Å². The van der Waals surface area contributed by atoms with Gasteiger partial charge in [-0.2, -0.15) is 0 Å². The van der Waals surface area contributed by atoms with Gasteiger partial charge in [0.2, 0.25) is 0 Å². The van der Waals surface area contributed by atoms with E-state index in [0.717, 1.165) is 5.56 Å². The number of allylic oxidation sites excluding steroid dienone is 1. The van der Waals surface area contributed by atoms with Crippen molar-refractivity contribution < 1.29 is 59.5 Å². The molecule has 3 N–H and O–H groups in total. The van der Waals surface area contributed by atoms with Crippen LogP contribution in [0.5, 0.6) is 0 Å². The van der Waals surface area contributed by atoms with E-state index in [2.05, 4.69) is 10.3 Å². The van der Waals surface area contributed by atoms with E-state index in [1.807, 2.05) is 30.3 Å². The number of aliphatic carboxylic acids is 1. The van der Waals surface area contributed by atoms with E-state index in [9.17, 15) is 20.1 Å². The summed E-state index contributed by atoms with van der Waals surface area (Å²) in [5, 5.41) is 48.6. The molecule has 2 heterocycles. The molecule has 1 aliphatic rings. The maximum atomic E-state index is 11.4. The van der Waals surface area contributed by atoms with Crippen LogP contribution in [0.1, 0.15) is 13.0 Å². The van der Waals surface area contributed by atoms with Crippen molar-refractivity contribution in [3.63, 3.8) is 0 Å². The van der Waals surface area contributed by atoms with Crippen molar-refractivity contribution >= 4 is 5.97 Å². The summed E-state index contributed by atoms with van der Waals surface area (Å²) in [5.74, 6) is -2.51. The molecular weight excluding hydrogens is 377 g/mol. The molecule has 0 spiro atoms. The summed E-state index contributed by atoms with van der Waals surface area (Å²) in [4.78, 5) is 11.4. The molecule has 1 aromatic carbocycles. The molecule has 28 heavy (non-hydrogen) atoms. The summed E-state index contributed by atoms with van der Waals surface area (Å²) in [6.45, 7) is 1.03. The maximum absolute atomic E-state index is 11.4. The van der Waals surface area contributed by atoms with Crippen LogP contribution in [0.3, 0.4) is 0 Å². The Bertz CT molecular complexity index is 828. The number of carboxylic acid groups (broad SMARTS) is 1. The Labute approximate surface area is 183 Å². The Hall–Kier alpha value is -1.75. The number of carbonyl (C=O) groups excluding carboxylic acids is 1. The molecule has 0 fully saturated rings. The average Bonchev–Trinajstić information content (AvgIpc) is 3.17. The van der Waals surface area contributed by atoms with Crippen LogP contribution in [-0.4, -0.2) is 61.2 Å². The average molecular weight is 397 g/mol. The van der Waals surface area contributed by atoms with E-state index < -0.39 is 48.6 Å². The monoisotopic (exact) mass is 397 g/mol. The SMILES string of the molecule is C[C@H]1[C@H]([C@H](O)C(O)CO)OC(C(=O)[O-])=C[C@@H]1n1nncc1-c1ccccc1.[Na+]. The molecule has 5 atom stereocenters. The number of aromatic nitrogens is 3. The first-order valence-corrected chi connectivity index (χ1v) is 8.46. The molecule has 0 aliphatic carbocycles. The van der Waals surface area contributed by atoms with Crippen molar-refractivity contribution in [2.24, 2.45) is 5.92 Å². The topological polar surface area (TPSA) is 141 Å². The summed E-state index contributed by atoms with van der Waals surface area (Å²) < 4.78 is 6.87. The Balaban J connectivity index is 0.00000280. The van der Waals surface area contributed by atoms with E-state index in [-0.39, 0.29) is 29.6 Å². The van der Waals surface area contributed by atoms with Crippen molar-refractivity contribution in [2.75, 3.05) is 6.61 Å². The first-order valence-electron chi connectivity index (χ1n) is 8.46. The zero-order valence-electron chi connectivity index (χ0n) is 15.5. The minimum atomic E-state index is -1.55. The summed E-state index contributed by atoms with van der Waals surface area (Å²) in [7, 11) is 0. The normalized spacial score (nSPS) is 23.7. The predicted octanol–water partition coefficient (Wildman–Crippen LogP) is -4.13. The molecule has 0 bridgehead atoms. The van der Waals surface area contributed by atoms with Crippen molar-refractivity contribution in [2.45, 2.75) is 31.3 Å². The van der Waals surface area contributed by atoms with E-state index in [4.69, 9.17) is 9.84 Å². The molecule has 9 nitrogen and oxygen atoms in total. The van der Waals surface area contributed by atoms with Gasteiger partial charge >= 0.3 is 29.6 Å². The molecule has 1 aromatic heterocycles. The van der Waals surface area contributed by atoms with Gasteiger partial charge in [-0.25, -0.2) is 4.68 Å². The predicted molar refractivity (Wildman–Crippen MR) is 90.7 cm³/mol. The minimum Gasteiger partial charge on any atom is -0.542 e. The van der Waals surface area contributed by atoms with Crippen molar-refractivity contribution in [3.05, 3.63) is 48.4 Å². The van der Waals surface area contributed by atoms with Crippen molar-refractivity contribution in [1.29, 1.82) is 0 Å². The fourth-order valence-corrected chi connectivity index (χ4v) is 3.19. The number of carbonyl (C=O) groups is 1. The second-order valence-electron chi connectivity index (χ2n) is 6.42. The van der Waals surface area contributed by atoms with Gasteiger partial charge in [-0.3, -0.25) is 0 Å². The first kappa shape index (κ1) is 22.5. The van der Waals surface area contributed by atoms with Crippen molar-refractivity contribution in [3.8, 4) is 11.3 Å². The number of nitrogens with zero attached hydrogens (tertiary/aromatic N) is 3. The summed E-state index contributed by atoms with van der Waals surface area (Å²) in [6.07, 6.45) is -1.18. The van der Waals surface area contributed by atoms with Gasteiger partial charge in [0.1, 0.15) is 30.0 Å². The number of rotatable bonds is 6. The van der Waals surface area contributed by atoms with Gasteiger partial charge < -0.3 is 30.0 Å². The molecule has 144 valence electrons. The van der Waals surface area contributed by atoms with E-state index in [0.29, 0.717) is 5.69 Å². The molecule has 0 saturated carbocycles. The second-order valence-corrected chi connectivity index (χ2v) is 6.42. The molecule has 0 saturated heterocycles. The van der Waals surface area contributed by atoms with Gasteiger partial charge in [-0.05, 0) is 6.08 Å². The van der Waals surface area contributed by atoms with Gasteiger partial charge in [0.05, 0.1) is 24.5 Å². The third kappa shape index (κ3) is 4.45. The number of aliphatic hydroxyl groups is 3. The number of aliphatic hydroxyl groups excluding tert-OH is 3. The molecule has 2 aromatic rings. The largest absolute Gasteiger partial charge is 1.00 e. The summed E-state index contributed by atoms with van der Waals surface area (Å²) in [6, 6.07) is 8.68. The first-order chi connectivity index (χ1) is 12.9. The Kier molecular flexibility index (Phi) is 7.76. The fraction of sp³-hybridized carbons (Fsp3) is 0.389. The number of carboxylic acids is 1. The quantitative estimate of drug-likeness (QED) is 0.418. The number of ether oxygens (including phenoxy) is 1. The Morgan fingerprint density at radius 2 is 2.00 bits per heavy atom. The number of benzene rings is 1. The molecule has 1 aliphatic heterocycles. The minimum absolute atomic E-state index is 0. The van der Waals surface area contributed by atoms with Crippen LogP contribution in [0.4, 0.5) is 0 Å². The van der Waals surface area contributed by atoms with Gasteiger partial charge in [0.15, 0.2) is 0 Å². The molecule has 0 radical (unpaired) electrons. The van der Waals surface area contributed by atoms with E-state index in [1.165, 1.54) is 10.8 Å². The number of hydrogen-bond acceptors (Lipinski definition) is 8. The smallest absolute Gasteiger partial charge is 0.542 e. The van der Waals surface area contributed by atoms with Crippen LogP contribution in [-0.2, 0) is 9.53 Å². The summed E-state index contributed by atoms with van der Waals surface area (Å²) >= 11 is 0. The zero-order chi connectivity index (χ0) is 19.6. The molecular formula is C18H20N3NaO6. The molecule has 0 amide bonds. The Morgan fingerprint density at radius 1 is 1.32 bits per heavy atom. The van der Waals surface area contributed by atoms with Crippen LogP contribution in [0.15, 0.2) is 48.4 Å². The van der Waals surface area contributed by atoms with Gasteiger partial charge in [-0.1, -0.05) is 42.5 Å². The Morgan fingerprint density at radius 3 is 2.61 bits per heavy atom. The third-order valence-corrected chi connectivity index (χ3v) is 4.69. The van der Waals surface area contributed by atoms with Gasteiger partial charge in [0, 0.05) is 11.5 Å². The maximum Gasteiger partial charge on any atom is 1.00 e. The third-order valence-electron chi connectivity index (χ3n) is 4.69. The summed E-state index contributed by atoms with van der Waals surface area (Å²) in [5.41, 5.74) is 1.48. The van der Waals surface area contributed by atoms with Crippen LogP contribution >= 0.6 is 0 Å². The molecule has 3 rings (SSSR count). The molecule has 1 unspecified atom stereocenters. The van der Waals surface area contributed by atoms with Crippen LogP contribution in [0, 0.1) is 5.92 Å². The number of hydrogen-bond donors (Lipinski definition) is 3. The van der Waals surface area contributed by atoms with Gasteiger partial charge in [0.25, 0.3) is 0 Å². The fourth-order valence-electron chi connectivity index (χ4n) is 3.19. The van der Waals surface area contributed by atoms with Crippen LogP contribution < -0.4 is 34.7 Å². The zero-order valence-corrected chi connectivity index (χ0v) is 17.5. The molecule has 10 heteroatoms. The van der Waals surface area contributed by atoms with E-state index >= 15 is 0 Å². The standard InChI is InChI=1S/C18H21N3O6.Na/c1-10-12(21-13(8-19-20-21)11-5-3-2-4-6-11)7-15(18(25)26)27-17(10)16(24)14(23)9-22;/h2-8,10,12,14,16-17,22-24H,9H2,1H3,(H,25,26);/q;+1/p-1/t10-,12+,14?,16-,17-;/m1./s1.